The summed E-state index contributed by atoms with van der Waals surface area (Å²) in [5.41, 5.74) is 0.223. The lowest BCUT2D eigenvalue weighted by molar-refractivity contribution is 0.442. The highest BCUT2D eigenvalue weighted by molar-refractivity contribution is 7.18. The van der Waals surface area contributed by atoms with Crippen LogP contribution < -0.4 is 10.6 Å². The molecule has 0 aromatic carbocycles. The summed E-state index contributed by atoms with van der Waals surface area (Å²) in [4.78, 5) is 11.5. The van der Waals surface area contributed by atoms with Gasteiger partial charge in [0.05, 0.1) is 5.39 Å². The van der Waals surface area contributed by atoms with E-state index in [1.807, 2.05) is 7.05 Å². The van der Waals surface area contributed by atoms with Crippen molar-refractivity contribution in [1.82, 2.24) is 9.97 Å². The first-order chi connectivity index (χ1) is 8.93. The van der Waals surface area contributed by atoms with Gasteiger partial charge in [0.2, 0.25) is 5.95 Å². The number of nitrogens with zero attached hydrogens (tertiary/aromatic N) is 2. The monoisotopic (exact) mass is 278 g/mol. The van der Waals surface area contributed by atoms with Gasteiger partial charge >= 0.3 is 0 Å². The number of nitrogens with one attached hydrogen (secondary N) is 2. The number of anilines is 2. The Kier molecular flexibility index (Phi) is 3.94. The lowest BCUT2D eigenvalue weighted by Gasteiger charge is -2.19. The van der Waals surface area contributed by atoms with Crippen molar-refractivity contribution < 1.29 is 0 Å². The van der Waals surface area contributed by atoms with E-state index in [2.05, 4.69) is 54.4 Å². The zero-order chi connectivity index (χ0) is 14.0. The average molecular weight is 278 g/mol. The fourth-order valence-electron chi connectivity index (χ4n) is 1.74. The molecule has 2 heterocycles. The Morgan fingerprint density at radius 3 is 2.58 bits per heavy atom. The van der Waals surface area contributed by atoms with Crippen LogP contribution in [0.3, 0.4) is 0 Å². The number of aryl methyl sites for hydroxylation is 1. The number of fused-ring (bicyclic) bond motifs is 1. The van der Waals surface area contributed by atoms with E-state index in [-0.39, 0.29) is 5.41 Å². The fourth-order valence-corrected chi connectivity index (χ4v) is 2.71. The minimum Gasteiger partial charge on any atom is -0.369 e. The molecule has 0 aliphatic carbocycles. The van der Waals surface area contributed by atoms with E-state index < -0.39 is 0 Å². The molecule has 2 N–H and O–H groups in total. The van der Waals surface area contributed by atoms with Crippen LogP contribution in [0.1, 0.15) is 32.6 Å². The largest absolute Gasteiger partial charge is 0.369 e. The standard InChI is InChI=1S/C14H22N4S/c1-6-9-7-10-11(16-8-14(2,3)4)17-13(15-5)18-12(10)19-9/h7H,6,8H2,1-5H3,(H2,15,16,17,18). The van der Waals surface area contributed by atoms with Gasteiger partial charge in [0.25, 0.3) is 0 Å². The first-order valence-electron chi connectivity index (χ1n) is 6.65. The third-order valence-electron chi connectivity index (χ3n) is 2.80. The summed E-state index contributed by atoms with van der Waals surface area (Å²) in [6.45, 7) is 9.69. The molecule has 104 valence electrons. The summed E-state index contributed by atoms with van der Waals surface area (Å²) >= 11 is 1.74. The van der Waals surface area contributed by atoms with Crippen molar-refractivity contribution in [2.45, 2.75) is 34.1 Å². The third-order valence-corrected chi connectivity index (χ3v) is 3.98. The van der Waals surface area contributed by atoms with E-state index in [1.165, 1.54) is 4.88 Å². The SMILES string of the molecule is CCc1cc2c(NCC(C)(C)C)nc(NC)nc2s1. The first kappa shape index (κ1) is 14.1. The summed E-state index contributed by atoms with van der Waals surface area (Å²) < 4.78 is 0. The third kappa shape index (κ3) is 3.35. The zero-order valence-corrected chi connectivity index (χ0v) is 13.1. The summed E-state index contributed by atoms with van der Waals surface area (Å²) in [6, 6.07) is 2.20. The minimum atomic E-state index is 0.223. The van der Waals surface area contributed by atoms with Crippen LogP contribution in [0.2, 0.25) is 0 Å². The highest BCUT2D eigenvalue weighted by Gasteiger charge is 2.14. The molecule has 0 aliphatic rings. The van der Waals surface area contributed by atoms with Gasteiger partial charge in [-0.1, -0.05) is 27.7 Å². The van der Waals surface area contributed by atoms with E-state index in [9.17, 15) is 0 Å². The highest BCUT2D eigenvalue weighted by atomic mass is 32.1. The van der Waals surface area contributed by atoms with Gasteiger partial charge in [-0.2, -0.15) is 4.98 Å². The lowest BCUT2D eigenvalue weighted by atomic mass is 9.97. The van der Waals surface area contributed by atoms with Crippen molar-refractivity contribution in [3.8, 4) is 0 Å². The Labute approximate surface area is 118 Å². The van der Waals surface area contributed by atoms with Gasteiger partial charge in [-0.05, 0) is 17.9 Å². The summed E-state index contributed by atoms with van der Waals surface area (Å²) in [7, 11) is 1.85. The van der Waals surface area contributed by atoms with E-state index in [0.717, 1.165) is 29.0 Å². The maximum Gasteiger partial charge on any atom is 0.225 e. The van der Waals surface area contributed by atoms with E-state index >= 15 is 0 Å². The number of thiophene rings is 1. The van der Waals surface area contributed by atoms with E-state index in [4.69, 9.17) is 0 Å². The predicted octanol–water partition coefficient (Wildman–Crippen LogP) is 3.75. The molecule has 0 fully saturated rings. The maximum atomic E-state index is 4.54. The van der Waals surface area contributed by atoms with Crippen molar-refractivity contribution in [2.24, 2.45) is 5.41 Å². The number of hydrogen-bond acceptors (Lipinski definition) is 5. The normalized spacial score (nSPS) is 11.8. The minimum absolute atomic E-state index is 0.223. The second-order valence-electron chi connectivity index (χ2n) is 5.85. The Bertz CT molecular complexity index is 569. The van der Waals surface area contributed by atoms with Crippen LogP contribution in [0.5, 0.6) is 0 Å². The zero-order valence-electron chi connectivity index (χ0n) is 12.3. The summed E-state index contributed by atoms with van der Waals surface area (Å²) in [6.07, 6.45) is 1.04. The van der Waals surface area contributed by atoms with Crippen LogP contribution in [0.15, 0.2) is 6.07 Å². The lowest BCUT2D eigenvalue weighted by Crippen LogP contribution is -2.20. The smallest absolute Gasteiger partial charge is 0.225 e. The van der Waals surface area contributed by atoms with Crippen molar-refractivity contribution in [1.29, 1.82) is 0 Å². The number of hydrogen-bond donors (Lipinski definition) is 2. The predicted molar refractivity (Wildman–Crippen MR) is 84.3 cm³/mol. The van der Waals surface area contributed by atoms with E-state index in [1.54, 1.807) is 11.3 Å². The number of rotatable bonds is 4. The molecule has 19 heavy (non-hydrogen) atoms. The maximum absolute atomic E-state index is 4.54. The summed E-state index contributed by atoms with van der Waals surface area (Å²) in [5.74, 6) is 1.61. The van der Waals surface area contributed by atoms with Gasteiger partial charge in [-0.3, -0.25) is 0 Å². The van der Waals surface area contributed by atoms with Gasteiger partial charge in [-0.25, -0.2) is 4.98 Å². The van der Waals surface area contributed by atoms with Crippen LogP contribution in [-0.2, 0) is 6.42 Å². The molecule has 0 aliphatic heterocycles. The van der Waals surface area contributed by atoms with Crippen molar-refractivity contribution in [3.05, 3.63) is 10.9 Å². The fraction of sp³-hybridized carbons (Fsp3) is 0.571. The molecule has 0 radical (unpaired) electrons. The Balaban J connectivity index is 2.41. The van der Waals surface area contributed by atoms with Crippen LogP contribution >= 0.6 is 11.3 Å². The Morgan fingerprint density at radius 1 is 1.26 bits per heavy atom. The molecule has 2 aromatic heterocycles. The second-order valence-corrected chi connectivity index (χ2v) is 6.96. The molecular formula is C14H22N4S. The van der Waals surface area contributed by atoms with Crippen LogP contribution in [-0.4, -0.2) is 23.6 Å². The molecule has 0 spiro atoms. The van der Waals surface area contributed by atoms with E-state index in [0.29, 0.717) is 5.95 Å². The molecule has 0 saturated heterocycles. The van der Waals surface area contributed by atoms with Crippen LogP contribution in [0.25, 0.3) is 10.2 Å². The average Bonchev–Trinajstić information content (AvgIpc) is 2.77. The molecule has 2 aromatic rings. The van der Waals surface area contributed by atoms with Gasteiger partial charge in [-0.15, -0.1) is 11.3 Å². The molecule has 5 heteroatoms. The summed E-state index contributed by atoms with van der Waals surface area (Å²) in [5, 5.41) is 7.61. The molecule has 2 rings (SSSR count). The topological polar surface area (TPSA) is 49.8 Å². The van der Waals surface area contributed by atoms with Gasteiger partial charge in [0.15, 0.2) is 0 Å². The van der Waals surface area contributed by atoms with Crippen LogP contribution in [0.4, 0.5) is 11.8 Å². The number of aromatic nitrogens is 2. The second kappa shape index (κ2) is 5.33. The van der Waals surface area contributed by atoms with Gasteiger partial charge < -0.3 is 10.6 Å². The Hall–Kier alpha value is -1.36. The highest BCUT2D eigenvalue weighted by Crippen LogP contribution is 2.30. The molecule has 0 bridgehead atoms. The van der Waals surface area contributed by atoms with Gasteiger partial charge in [0, 0.05) is 18.5 Å². The molecule has 0 unspecified atom stereocenters. The molecular weight excluding hydrogens is 256 g/mol. The van der Waals surface area contributed by atoms with Crippen molar-refractivity contribution in [2.75, 3.05) is 24.2 Å². The van der Waals surface area contributed by atoms with Crippen LogP contribution in [0, 0.1) is 5.41 Å². The Morgan fingerprint density at radius 2 is 2.00 bits per heavy atom. The quantitative estimate of drug-likeness (QED) is 0.894. The first-order valence-corrected chi connectivity index (χ1v) is 7.46. The molecule has 0 amide bonds. The molecule has 0 atom stereocenters. The van der Waals surface area contributed by atoms with Crippen molar-refractivity contribution in [3.63, 3.8) is 0 Å². The molecule has 4 nitrogen and oxygen atoms in total. The van der Waals surface area contributed by atoms with Gasteiger partial charge in [0.1, 0.15) is 10.6 Å². The van der Waals surface area contributed by atoms with Crippen molar-refractivity contribution >= 4 is 33.3 Å². The molecule has 0 saturated carbocycles.